The third-order valence-electron chi connectivity index (χ3n) is 9.72. The quantitative estimate of drug-likeness (QED) is 0.177. The molecule has 1 aliphatic heterocycles. The summed E-state index contributed by atoms with van der Waals surface area (Å²) in [6.07, 6.45) is 8.78. The van der Waals surface area contributed by atoms with Gasteiger partial charge < -0.3 is 14.8 Å². The number of ether oxygens (including phenoxy) is 2. The Kier molecular flexibility index (Phi) is 10.1. The summed E-state index contributed by atoms with van der Waals surface area (Å²) >= 11 is 0. The smallest absolute Gasteiger partial charge is 0.338 e. The molecule has 1 aliphatic carbocycles. The summed E-state index contributed by atoms with van der Waals surface area (Å²) in [6.45, 7) is 6.52. The molecular weight excluding hydrogens is 582 g/mol. The average molecular weight is 630 g/mol. The van der Waals surface area contributed by atoms with Gasteiger partial charge in [-0.3, -0.25) is 4.79 Å². The Hall–Kier alpha value is -4.38. The molecular formula is C42H47NO4. The Morgan fingerprint density at radius 3 is 2.13 bits per heavy atom. The van der Waals surface area contributed by atoms with Gasteiger partial charge in [0.15, 0.2) is 0 Å². The van der Waals surface area contributed by atoms with Crippen molar-refractivity contribution in [2.75, 3.05) is 5.32 Å². The summed E-state index contributed by atoms with van der Waals surface area (Å²) in [7, 11) is 0. The molecule has 2 aliphatic rings. The summed E-state index contributed by atoms with van der Waals surface area (Å²) in [5, 5.41) is 3.31. The highest BCUT2D eigenvalue weighted by Gasteiger charge is 2.30. The Balaban J connectivity index is 1.19. The van der Waals surface area contributed by atoms with E-state index in [1.807, 2.05) is 66.7 Å². The van der Waals surface area contributed by atoms with E-state index in [0.717, 1.165) is 58.7 Å². The third-order valence-corrected chi connectivity index (χ3v) is 9.72. The summed E-state index contributed by atoms with van der Waals surface area (Å²) in [5.74, 6) is 1.82. The molecule has 1 unspecified atom stereocenters. The van der Waals surface area contributed by atoms with Gasteiger partial charge in [-0.25, -0.2) is 4.79 Å². The van der Waals surface area contributed by atoms with E-state index in [1.165, 1.54) is 32.1 Å². The third kappa shape index (κ3) is 8.13. The summed E-state index contributed by atoms with van der Waals surface area (Å²) < 4.78 is 12.3. The fourth-order valence-corrected chi connectivity index (χ4v) is 7.26. The fraction of sp³-hybridized carbons (Fsp3) is 0.381. The van der Waals surface area contributed by atoms with Crippen LogP contribution in [0, 0.1) is 5.92 Å². The maximum atomic E-state index is 13.8. The molecule has 1 saturated carbocycles. The van der Waals surface area contributed by atoms with Crippen molar-refractivity contribution < 1.29 is 19.1 Å². The molecule has 0 spiro atoms. The number of esters is 1. The second kappa shape index (κ2) is 14.6. The Morgan fingerprint density at radius 1 is 0.830 bits per heavy atom. The summed E-state index contributed by atoms with van der Waals surface area (Å²) in [5.41, 5.74) is 5.55. The second-order valence-electron chi connectivity index (χ2n) is 14.3. The first kappa shape index (κ1) is 32.6. The van der Waals surface area contributed by atoms with Crippen molar-refractivity contribution >= 4 is 17.6 Å². The van der Waals surface area contributed by atoms with Gasteiger partial charge in [-0.1, -0.05) is 120 Å². The van der Waals surface area contributed by atoms with Gasteiger partial charge in [0.05, 0.1) is 5.56 Å². The lowest BCUT2D eigenvalue weighted by molar-refractivity contribution is -0.116. The van der Waals surface area contributed by atoms with Crippen molar-refractivity contribution in [3.05, 3.63) is 125 Å². The van der Waals surface area contributed by atoms with Crippen molar-refractivity contribution in [3.8, 4) is 11.5 Å². The Morgan fingerprint density at radius 2 is 1.47 bits per heavy atom. The van der Waals surface area contributed by atoms with Crippen LogP contribution < -0.4 is 10.1 Å². The number of hydrogen-bond acceptors (Lipinski definition) is 4. The van der Waals surface area contributed by atoms with E-state index in [0.29, 0.717) is 17.9 Å². The molecule has 47 heavy (non-hydrogen) atoms. The Bertz CT molecular complexity index is 1640. The van der Waals surface area contributed by atoms with Crippen molar-refractivity contribution in [1.82, 2.24) is 0 Å². The van der Waals surface area contributed by atoms with Crippen LogP contribution in [0.2, 0.25) is 0 Å². The zero-order valence-corrected chi connectivity index (χ0v) is 28.0. The minimum Gasteiger partial charge on any atom is -0.459 e. The molecule has 0 radical (unpaired) electrons. The van der Waals surface area contributed by atoms with Crippen molar-refractivity contribution in [3.63, 3.8) is 0 Å². The SMILES string of the molecule is CC(C)(C)c1ccc(CCC(CC2CCCCC2)OC(=O)c2ccccc2)cc1NC(=O)CC1c2ccccc2Oc2ccccc21. The highest BCUT2D eigenvalue weighted by Crippen LogP contribution is 2.45. The van der Waals surface area contributed by atoms with Gasteiger partial charge in [0.25, 0.3) is 0 Å². The van der Waals surface area contributed by atoms with Crippen LogP contribution in [-0.4, -0.2) is 18.0 Å². The number of nitrogens with one attached hydrogen (secondary N) is 1. The number of anilines is 1. The first-order valence-corrected chi connectivity index (χ1v) is 17.3. The molecule has 1 heterocycles. The number of hydrogen-bond donors (Lipinski definition) is 1. The number of para-hydroxylation sites is 2. The molecule has 0 saturated heterocycles. The lowest BCUT2D eigenvalue weighted by Crippen LogP contribution is -2.24. The zero-order chi connectivity index (χ0) is 32.8. The maximum Gasteiger partial charge on any atom is 0.338 e. The van der Waals surface area contributed by atoms with Crippen LogP contribution in [0.5, 0.6) is 11.5 Å². The van der Waals surface area contributed by atoms with Gasteiger partial charge in [0.2, 0.25) is 5.91 Å². The summed E-state index contributed by atoms with van der Waals surface area (Å²) in [6, 6.07) is 31.7. The predicted octanol–water partition coefficient (Wildman–Crippen LogP) is 10.4. The normalized spacial score (nSPS) is 15.6. The molecule has 0 bridgehead atoms. The number of fused-ring (bicyclic) bond motifs is 2. The number of carbonyl (C=O) groups is 2. The maximum absolute atomic E-state index is 13.8. The number of rotatable bonds is 10. The van der Waals surface area contributed by atoms with Crippen molar-refractivity contribution in [2.24, 2.45) is 5.92 Å². The molecule has 5 heteroatoms. The van der Waals surface area contributed by atoms with Crippen LogP contribution >= 0.6 is 0 Å². The number of amides is 1. The molecule has 6 rings (SSSR count). The molecule has 4 aromatic rings. The van der Waals surface area contributed by atoms with Gasteiger partial charge in [0.1, 0.15) is 17.6 Å². The van der Waals surface area contributed by atoms with E-state index in [1.54, 1.807) is 0 Å². The van der Waals surface area contributed by atoms with Gasteiger partial charge in [-0.05, 0) is 72.1 Å². The minimum atomic E-state index is -0.251. The van der Waals surface area contributed by atoms with Crippen LogP contribution in [0.25, 0.3) is 0 Å². The minimum absolute atomic E-state index is 0.0314. The fourth-order valence-electron chi connectivity index (χ4n) is 7.26. The average Bonchev–Trinajstić information content (AvgIpc) is 3.07. The van der Waals surface area contributed by atoms with Gasteiger partial charge in [-0.15, -0.1) is 0 Å². The van der Waals surface area contributed by atoms with Gasteiger partial charge >= 0.3 is 5.97 Å². The summed E-state index contributed by atoms with van der Waals surface area (Å²) in [4.78, 5) is 26.9. The molecule has 0 aromatic heterocycles. The topological polar surface area (TPSA) is 64.6 Å². The molecule has 244 valence electrons. The number of aryl methyl sites for hydroxylation is 1. The largest absolute Gasteiger partial charge is 0.459 e. The van der Waals surface area contributed by atoms with Gasteiger partial charge in [-0.2, -0.15) is 0 Å². The predicted molar refractivity (Wildman–Crippen MR) is 188 cm³/mol. The van der Waals surface area contributed by atoms with E-state index in [9.17, 15) is 9.59 Å². The first-order chi connectivity index (χ1) is 22.7. The van der Waals surface area contributed by atoms with Crippen LogP contribution in [-0.2, 0) is 21.4 Å². The zero-order valence-electron chi connectivity index (χ0n) is 28.0. The monoisotopic (exact) mass is 629 g/mol. The molecule has 1 fully saturated rings. The van der Waals surface area contributed by atoms with Gasteiger partial charge in [0, 0.05) is 29.2 Å². The molecule has 1 N–H and O–H groups in total. The van der Waals surface area contributed by atoms with Crippen LogP contribution in [0.15, 0.2) is 97.1 Å². The second-order valence-corrected chi connectivity index (χ2v) is 14.3. The highest BCUT2D eigenvalue weighted by molar-refractivity contribution is 5.93. The van der Waals surface area contributed by atoms with E-state index < -0.39 is 0 Å². The molecule has 4 aromatic carbocycles. The van der Waals surface area contributed by atoms with Crippen molar-refractivity contribution in [1.29, 1.82) is 0 Å². The Labute approximate surface area is 279 Å². The standard InChI is InChI=1S/C42H47NO4/c1-42(2,3)36-25-23-30(22-24-32(26-29-14-6-4-7-15-29)46-41(45)31-16-8-5-9-17-31)27-37(36)43-40(44)28-35-33-18-10-12-20-38(33)47-39-21-13-11-19-34(35)39/h5,8-13,16-21,23,25,27,29,32,35H,4,6-7,14-15,22,24,26,28H2,1-3H3,(H,43,44). The van der Waals surface area contributed by atoms with E-state index in [2.05, 4.69) is 56.4 Å². The van der Waals surface area contributed by atoms with E-state index >= 15 is 0 Å². The van der Waals surface area contributed by atoms with Crippen LogP contribution in [0.1, 0.15) is 111 Å². The lowest BCUT2D eigenvalue weighted by atomic mass is 9.83. The number of carbonyl (C=O) groups excluding carboxylic acids is 2. The first-order valence-electron chi connectivity index (χ1n) is 17.3. The van der Waals surface area contributed by atoms with Crippen LogP contribution in [0.4, 0.5) is 5.69 Å². The molecule has 1 amide bonds. The van der Waals surface area contributed by atoms with Crippen molar-refractivity contribution in [2.45, 2.75) is 96.0 Å². The van der Waals surface area contributed by atoms with E-state index in [4.69, 9.17) is 9.47 Å². The number of benzene rings is 4. The molecule has 5 nitrogen and oxygen atoms in total. The highest BCUT2D eigenvalue weighted by atomic mass is 16.5. The molecule has 1 atom stereocenters. The van der Waals surface area contributed by atoms with Crippen LogP contribution in [0.3, 0.4) is 0 Å². The van der Waals surface area contributed by atoms with E-state index in [-0.39, 0.29) is 29.3 Å². The lowest BCUT2D eigenvalue weighted by Gasteiger charge is -2.29.